The van der Waals surface area contributed by atoms with Crippen molar-refractivity contribution >= 4 is 0 Å². The van der Waals surface area contributed by atoms with Crippen LogP contribution in [0.4, 0.5) is 0 Å². The Balaban J connectivity index is 2.97. The molecule has 0 saturated carbocycles. The topological polar surface area (TPSA) is 41.5 Å². The molecule has 1 unspecified atom stereocenters. The first-order chi connectivity index (χ1) is 4.81. The number of ether oxygens (including phenoxy) is 1. The second-order valence-corrected chi connectivity index (χ2v) is 2.49. The Morgan fingerprint density at radius 1 is 1.60 bits per heavy atom. The summed E-state index contributed by atoms with van der Waals surface area (Å²) in [6.45, 7) is 4.68. The van der Waals surface area contributed by atoms with Gasteiger partial charge < -0.3 is 15.2 Å². The van der Waals surface area contributed by atoms with Crippen LogP contribution in [0.1, 0.15) is 6.92 Å². The molecule has 0 rings (SSSR count). The van der Waals surface area contributed by atoms with Crippen LogP contribution in [-0.4, -0.2) is 38.5 Å². The van der Waals surface area contributed by atoms with Crippen LogP contribution in [-0.2, 0) is 4.74 Å². The molecule has 2 N–H and O–H groups in total. The van der Waals surface area contributed by atoms with Gasteiger partial charge in [0.15, 0.2) is 0 Å². The molecular formula is C7H17NO2. The number of nitrogens with one attached hydrogen (secondary N) is 1. The normalized spacial score (nSPS) is 13.5. The number of hydrogen-bond acceptors (Lipinski definition) is 3. The third-order valence-electron chi connectivity index (χ3n) is 1.23. The van der Waals surface area contributed by atoms with Crippen molar-refractivity contribution in [3.63, 3.8) is 0 Å². The van der Waals surface area contributed by atoms with Gasteiger partial charge in [0, 0.05) is 20.3 Å². The van der Waals surface area contributed by atoms with Crippen molar-refractivity contribution in [2.75, 3.05) is 33.4 Å². The van der Waals surface area contributed by atoms with Crippen LogP contribution in [0.15, 0.2) is 0 Å². The summed E-state index contributed by atoms with van der Waals surface area (Å²) in [5, 5.41) is 11.5. The zero-order valence-electron chi connectivity index (χ0n) is 6.76. The van der Waals surface area contributed by atoms with E-state index in [0.29, 0.717) is 12.5 Å². The van der Waals surface area contributed by atoms with Gasteiger partial charge >= 0.3 is 0 Å². The minimum atomic E-state index is 0.208. The average Bonchev–Trinajstić information content (AvgIpc) is 1.89. The Labute approximate surface area is 62.4 Å². The lowest BCUT2D eigenvalue weighted by atomic mass is 10.2. The van der Waals surface area contributed by atoms with Crippen molar-refractivity contribution in [1.29, 1.82) is 0 Å². The molecule has 0 radical (unpaired) electrons. The number of methoxy groups -OCH3 is 1. The SMILES string of the molecule is COCC(C)CNCCO. The summed E-state index contributed by atoms with van der Waals surface area (Å²) in [4.78, 5) is 0. The van der Waals surface area contributed by atoms with Gasteiger partial charge in [-0.1, -0.05) is 6.92 Å². The second kappa shape index (κ2) is 6.99. The highest BCUT2D eigenvalue weighted by molar-refractivity contribution is 4.54. The average molecular weight is 147 g/mol. The molecule has 0 aliphatic rings. The highest BCUT2D eigenvalue weighted by Gasteiger charge is 1.98. The van der Waals surface area contributed by atoms with Gasteiger partial charge in [0.2, 0.25) is 0 Å². The van der Waals surface area contributed by atoms with E-state index >= 15 is 0 Å². The van der Waals surface area contributed by atoms with Crippen LogP contribution in [0.2, 0.25) is 0 Å². The van der Waals surface area contributed by atoms with E-state index in [0.717, 1.165) is 13.2 Å². The predicted octanol–water partition coefficient (Wildman–Crippen LogP) is -0.149. The van der Waals surface area contributed by atoms with Crippen molar-refractivity contribution in [3.05, 3.63) is 0 Å². The van der Waals surface area contributed by atoms with E-state index in [1.807, 2.05) is 0 Å². The first kappa shape index (κ1) is 9.88. The number of hydrogen-bond donors (Lipinski definition) is 2. The number of rotatable bonds is 6. The molecule has 0 fully saturated rings. The smallest absolute Gasteiger partial charge is 0.0555 e. The molecule has 3 heteroatoms. The molecule has 1 atom stereocenters. The fourth-order valence-electron chi connectivity index (χ4n) is 0.771. The van der Waals surface area contributed by atoms with Gasteiger partial charge in [0.05, 0.1) is 6.61 Å². The molecule has 0 saturated heterocycles. The number of aliphatic hydroxyl groups excluding tert-OH is 1. The van der Waals surface area contributed by atoms with Gasteiger partial charge in [0.25, 0.3) is 0 Å². The van der Waals surface area contributed by atoms with E-state index in [1.165, 1.54) is 0 Å². The molecule has 0 aliphatic heterocycles. The lowest BCUT2D eigenvalue weighted by Crippen LogP contribution is -2.26. The van der Waals surface area contributed by atoms with Gasteiger partial charge in [-0.05, 0) is 12.5 Å². The fourth-order valence-corrected chi connectivity index (χ4v) is 0.771. The Kier molecular flexibility index (Phi) is 6.91. The van der Waals surface area contributed by atoms with Gasteiger partial charge in [0.1, 0.15) is 0 Å². The zero-order chi connectivity index (χ0) is 7.82. The zero-order valence-corrected chi connectivity index (χ0v) is 6.76. The molecule has 0 aromatic carbocycles. The molecule has 3 nitrogen and oxygen atoms in total. The largest absolute Gasteiger partial charge is 0.395 e. The summed E-state index contributed by atoms with van der Waals surface area (Å²) in [5.74, 6) is 0.525. The minimum Gasteiger partial charge on any atom is -0.395 e. The van der Waals surface area contributed by atoms with Crippen LogP contribution >= 0.6 is 0 Å². The van der Waals surface area contributed by atoms with Crippen molar-refractivity contribution < 1.29 is 9.84 Å². The number of aliphatic hydroxyl groups is 1. The van der Waals surface area contributed by atoms with Crippen LogP contribution < -0.4 is 5.32 Å². The molecule has 0 aromatic heterocycles. The summed E-state index contributed by atoms with van der Waals surface area (Å²) in [6.07, 6.45) is 0. The van der Waals surface area contributed by atoms with E-state index in [2.05, 4.69) is 12.2 Å². The molecule has 0 amide bonds. The lowest BCUT2D eigenvalue weighted by Gasteiger charge is -2.09. The lowest BCUT2D eigenvalue weighted by molar-refractivity contribution is 0.157. The summed E-state index contributed by atoms with van der Waals surface area (Å²) >= 11 is 0. The van der Waals surface area contributed by atoms with Gasteiger partial charge in [-0.25, -0.2) is 0 Å². The van der Waals surface area contributed by atoms with Crippen LogP contribution in [0.3, 0.4) is 0 Å². The monoisotopic (exact) mass is 147 g/mol. The predicted molar refractivity (Wildman–Crippen MR) is 41.0 cm³/mol. The van der Waals surface area contributed by atoms with Gasteiger partial charge in [-0.15, -0.1) is 0 Å². The maximum absolute atomic E-state index is 8.42. The molecule has 62 valence electrons. The fraction of sp³-hybridized carbons (Fsp3) is 1.00. The molecule has 0 aromatic rings. The summed E-state index contributed by atoms with van der Waals surface area (Å²) in [6, 6.07) is 0. The van der Waals surface area contributed by atoms with Crippen molar-refractivity contribution in [2.45, 2.75) is 6.92 Å². The van der Waals surface area contributed by atoms with E-state index < -0.39 is 0 Å². The third kappa shape index (κ3) is 6.01. The van der Waals surface area contributed by atoms with E-state index in [-0.39, 0.29) is 6.61 Å². The maximum atomic E-state index is 8.42. The van der Waals surface area contributed by atoms with E-state index in [9.17, 15) is 0 Å². The maximum Gasteiger partial charge on any atom is 0.0555 e. The highest BCUT2D eigenvalue weighted by atomic mass is 16.5. The third-order valence-corrected chi connectivity index (χ3v) is 1.23. The Morgan fingerprint density at radius 3 is 2.80 bits per heavy atom. The van der Waals surface area contributed by atoms with Crippen LogP contribution in [0.5, 0.6) is 0 Å². The summed E-state index contributed by atoms with van der Waals surface area (Å²) < 4.78 is 4.93. The first-order valence-corrected chi connectivity index (χ1v) is 3.61. The van der Waals surface area contributed by atoms with Crippen molar-refractivity contribution in [3.8, 4) is 0 Å². The van der Waals surface area contributed by atoms with Gasteiger partial charge in [-0.2, -0.15) is 0 Å². The summed E-state index contributed by atoms with van der Waals surface area (Å²) in [5.41, 5.74) is 0. The standard InChI is InChI=1S/C7H17NO2/c1-7(6-10-2)5-8-3-4-9/h7-9H,3-6H2,1-2H3. The van der Waals surface area contributed by atoms with E-state index in [4.69, 9.17) is 9.84 Å². The molecule has 0 spiro atoms. The Bertz CT molecular complexity index is 68.6. The quantitative estimate of drug-likeness (QED) is 0.513. The van der Waals surface area contributed by atoms with Crippen molar-refractivity contribution in [2.24, 2.45) is 5.92 Å². The highest BCUT2D eigenvalue weighted by Crippen LogP contribution is 1.90. The second-order valence-electron chi connectivity index (χ2n) is 2.49. The van der Waals surface area contributed by atoms with Crippen molar-refractivity contribution in [1.82, 2.24) is 5.32 Å². The molecule has 0 aliphatic carbocycles. The van der Waals surface area contributed by atoms with Gasteiger partial charge in [-0.3, -0.25) is 0 Å². The first-order valence-electron chi connectivity index (χ1n) is 3.61. The van der Waals surface area contributed by atoms with Crippen LogP contribution in [0.25, 0.3) is 0 Å². The molecule has 0 bridgehead atoms. The minimum absolute atomic E-state index is 0.208. The summed E-state index contributed by atoms with van der Waals surface area (Å²) in [7, 11) is 1.70. The van der Waals surface area contributed by atoms with E-state index in [1.54, 1.807) is 7.11 Å². The molecule has 0 heterocycles. The molecule has 10 heavy (non-hydrogen) atoms. The Hall–Kier alpha value is -0.120. The van der Waals surface area contributed by atoms with Crippen LogP contribution in [0, 0.1) is 5.92 Å². The Morgan fingerprint density at radius 2 is 2.30 bits per heavy atom. The molecular weight excluding hydrogens is 130 g/mol.